The van der Waals surface area contributed by atoms with Crippen LogP contribution in [0.5, 0.6) is 0 Å². The summed E-state index contributed by atoms with van der Waals surface area (Å²) in [5, 5.41) is 14.1. The van der Waals surface area contributed by atoms with Crippen molar-refractivity contribution in [3.05, 3.63) is 29.8 Å². The lowest BCUT2D eigenvalue weighted by molar-refractivity contribution is 0.0697. The number of hydrogen-bond acceptors (Lipinski definition) is 5. The minimum absolute atomic E-state index is 0.163. The number of rotatable bonds is 9. The van der Waals surface area contributed by atoms with Gasteiger partial charge in [0.05, 0.1) is 5.56 Å². The predicted molar refractivity (Wildman–Crippen MR) is 86.6 cm³/mol. The quantitative estimate of drug-likeness (QED) is 0.466. The Bertz CT molecular complexity index is 510. The molecule has 0 aliphatic rings. The van der Waals surface area contributed by atoms with E-state index >= 15 is 0 Å². The molecule has 0 bridgehead atoms. The zero-order chi connectivity index (χ0) is 17.3. The van der Waals surface area contributed by atoms with E-state index in [4.69, 9.17) is 18.4 Å². The van der Waals surface area contributed by atoms with Gasteiger partial charge in [-0.3, -0.25) is 0 Å². The van der Waals surface area contributed by atoms with Crippen LogP contribution in [-0.4, -0.2) is 53.8 Å². The summed E-state index contributed by atoms with van der Waals surface area (Å²) in [5.74, 6) is -1.01. The molecule has 23 heavy (non-hydrogen) atoms. The number of anilines is 1. The van der Waals surface area contributed by atoms with Crippen LogP contribution >= 0.6 is 0 Å². The van der Waals surface area contributed by atoms with E-state index in [1.54, 1.807) is 21.3 Å². The topological polar surface area (TPSA) is 106 Å². The third kappa shape index (κ3) is 5.98. The van der Waals surface area contributed by atoms with Gasteiger partial charge in [-0.15, -0.1) is 0 Å². The first kappa shape index (κ1) is 19.1. The van der Waals surface area contributed by atoms with Crippen molar-refractivity contribution in [2.24, 2.45) is 0 Å². The van der Waals surface area contributed by atoms with Crippen LogP contribution in [0.2, 0.25) is 6.04 Å². The molecule has 3 N–H and O–H groups in total. The molecule has 9 heteroatoms. The molecule has 1 rings (SSSR count). The van der Waals surface area contributed by atoms with E-state index in [0.29, 0.717) is 24.7 Å². The second kappa shape index (κ2) is 9.25. The summed E-state index contributed by atoms with van der Waals surface area (Å²) in [6.45, 7) is 0.434. The first-order valence-electron chi connectivity index (χ1n) is 7.00. The fraction of sp³-hybridized carbons (Fsp3) is 0.429. The lowest BCUT2D eigenvalue weighted by atomic mass is 10.2. The maximum atomic E-state index is 11.7. The molecule has 2 amide bonds. The lowest BCUT2D eigenvalue weighted by Crippen LogP contribution is -2.43. The SMILES string of the molecule is CO[Si](CCCNC(=O)Nc1ccc(C(=O)O)cc1)(OC)OC. The predicted octanol–water partition coefficient (Wildman–Crippen LogP) is 1.77. The van der Waals surface area contributed by atoms with Crippen LogP contribution < -0.4 is 10.6 Å². The molecule has 0 radical (unpaired) electrons. The van der Waals surface area contributed by atoms with Gasteiger partial charge in [0.1, 0.15) is 0 Å². The molecule has 0 fully saturated rings. The Balaban J connectivity index is 2.36. The summed E-state index contributed by atoms with van der Waals surface area (Å²) in [4.78, 5) is 22.5. The van der Waals surface area contributed by atoms with E-state index in [0.717, 1.165) is 0 Å². The molecule has 0 atom stereocenters. The van der Waals surface area contributed by atoms with Gasteiger partial charge in [0, 0.05) is 39.6 Å². The van der Waals surface area contributed by atoms with Crippen LogP contribution in [0, 0.1) is 0 Å². The van der Waals surface area contributed by atoms with Gasteiger partial charge in [-0.25, -0.2) is 9.59 Å². The molecule has 1 aromatic carbocycles. The highest BCUT2D eigenvalue weighted by Gasteiger charge is 2.36. The first-order valence-corrected chi connectivity index (χ1v) is 8.93. The van der Waals surface area contributed by atoms with Crippen LogP contribution in [0.4, 0.5) is 10.5 Å². The van der Waals surface area contributed by atoms with Crippen molar-refractivity contribution in [2.75, 3.05) is 33.2 Å². The highest BCUT2D eigenvalue weighted by Crippen LogP contribution is 2.14. The Morgan fingerprint density at radius 3 is 2.13 bits per heavy atom. The number of carboxylic acids is 1. The van der Waals surface area contributed by atoms with Gasteiger partial charge in [0.2, 0.25) is 0 Å². The number of carboxylic acid groups (broad SMARTS) is 1. The summed E-state index contributed by atoms with van der Waals surface area (Å²) in [6, 6.07) is 6.13. The van der Waals surface area contributed by atoms with Crippen molar-refractivity contribution in [3.63, 3.8) is 0 Å². The zero-order valence-electron chi connectivity index (χ0n) is 13.4. The van der Waals surface area contributed by atoms with Gasteiger partial charge >= 0.3 is 20.8 Å². The number of nitrogens with one attached hydrogen (secondary N) is 2. The average Bonchev–Trinajstić information content (AvgIpc) is 2.56. The molecular weight excluding hydrogens is 320 g/mol. The van der Waals surface area contributed by atoms with Crippen molar-refractivity contribution in [1.82, 2.24) is 5.32 Å². The van der Waals surface area contributed by atoms with E-state index < -0.39 is 14.8 Å². The second-order valence-electron chi connectivity index (χ2n) is 4.66. The third-order valence-electron chi connectivity index (χ3n) is 3.27. The third-order valence-corrected chi connectivity index (χ3v) is 6.10. The number of aromatic carboxylic acids is 1. The number of carbonyl (C=O) groups excluding carboxylic acids is 1. The normalized spacial score (nSPS) is 11.1. The van der Waals surface area contributed by atoms with Crippen molar-refractivity contribution < 1.29 is 28.0 Å². The molecule has 0 aromatic heterocycles. The van der Waals surface area contributed by atoms with Crippen LogP contribution in [0.25, 0.3) is 0 Å². The van der Waals surface area contributed by atoms with Gasteiger partial charge < -0.3 is 29.0 Å². The molecule has 128 valence electrons. The molecule has 0 aliphatic heterocycles. The minimum Gasteiger partial charge on any atom is -0.478 e. The Labute approximate surface area is 136 Å². The minimum atomic E-state index is -2.61. The van der Waals surface area contributed by atoms with Crippen molar-refractivity contribution >= 4 is 26.5 Å². The van der Waals surface area contributed by atoms with Crippen LogP contribution in [0.1, 0.15) is 16.8 Å². The van der Waals surface area contributed by atoms with Crippen LogP contribution in [0.3, 0.4) is 0 Å². The fourth-order valence-electron chi connectivity index (χ4n) is 1.93. The molecule has 0 spiro atoms. The maximum Gasteiger partial charge on any atom is 0.500 e. The highest BCUT2D eigenvalue weighted by atomic mass is 28.4. The second-order valence-corrected chi connectivity index (χ2v) is 7.75. The van der Waals surface area contributed by atoms with Crippen molar-refractivity contribution in [1.29, 1.82) is 0 Å². The van der Waals surface area contributed by atoms with Gasteiger partial charge in [-0.1, -0.05) is 0 Å². The maximum absolute atomic E-state index is 11.7. The Hall–Kier alpha value is -1.94. The van der Waals surface area contributed by atoms with Gasteiger partial charge in [0.15, 0.2) is 0 Å². The Morgan fingerprint density at radius 2 is 1.65 bits per heavy atom. The number of carbonyl (C=O) groups is 2. The molecule has 0 aliphatic carbocycles. The van der Waals surface area contributed by atoms with E-state index in [1.165, 1.54) is 24.3 Å². The molecule has 0 saturated heterocycles. The number of urea groups is 1. The van der Waals surface area contributed by atoms with Crippen LogP contribution in [0.15, 0.2) is 24.3 Å². The lowest BCUT2D eigenvalue weighted by Gasteiger charge is -2.24. The van der Waals surface area contributed by atoms with E-state index in [9.17, 15) is 9.59 Å². The zero-order valence-corrected chi connectivity index (χ0v) is 14.4. The fourth-order valence-corrected chi connectivity index (χ4v) is 3.66. The molecular formula is C14H22N2O6Si. The summed E-state index contributed by atoms with van der Waals surface area (Å²) in [5.41, 5.74) is 0.679. The summed E-state index contributed by atoms with van der Waals surface area (Å²) in [6.07, 6.45) is 0.646. The number of benzene rings is 1. The first-order chi connectivity index (χ1) is 11.0. The molecule has 0 unspecified atom stereocenters. The van der Waals surface area contributed by atoms with E-state index in [1.807, 2.05) is 0 Å². The smallest absolute Gasteiger partial charge is 0.478 e. The standard InChI is InChI=1S/C14H22N2O6Si/c1-20-23(21-2,22-3)10-4-9-15-14(19)16-12-7-5-11(6-8-12)13(17)18/h5-8H,4,9-10H2,1-3H3,(H,17,18)(H2,15,16,19). The largest absolute Gasteiger partial charge is 0.500 e. The monoisotopic (exact) mass is 342 g/mol. The Kier molecular flexibility index (Phi) is 7.69. The average molecular weight is 342 g/mol. The summed E-state index contributed by atoms with van der Waals surface area (Å²) < 4.78 is 15.9. The van der Waals surface area contributed by atoms with Crippen molar-refractivity contribution in [3.8, 4) is 0 Å². The number of amides is 2. The number of hydrogen-bond donors (Lipinski definition) is 3. The molecule has 0 heterocycles. The Morgan fingerprint density at radius 1 is 1.09 bits per heavy atom. The molecule has 1 aromatic rings. The molecule has 8 nitrogen and oxygen atoms in total. The van der Waals surface area contributed by atoms with E-state index in [-0.39, 0.29) is 11.6 Å². The van der Waals surface area contributed by atoms with Crippen molar-refractivity contribution in [2.45, 2.75) is 12.5 Å². The highest BCUT2D eigenvalue weighted by molar-refractivity contribution is 6.60. The van der Waals surface area contributed by atoms with E-state index in [2.05, 4.69) is 10.6 Å². The summed E-state index contributed by atoms with van der Waals surface area (Å²) in [7, 11) is 2.02. The van der Waals surface area contributed by atoms with Gasteiger partial charge in [0.25, 0.3) is 0 Å². The summed E-state index contributed by atoms with van der Waals surface area (Å²) >= 11 is 0. The van der Waals surface area contributed by atoms with Gasteiger partial charge in [-0.05, 0) is 30.7 Å². The molecule has 0 saturated carbocycles. The van der Waals surface area contributed by atoms with Crippen LogP contribution in [-0.2, 0) is 13.3 Å². The van der Waals surface area contributed by atoms with Gasteiger partial charge in [-0.2, -0.15) is 0 Å².